The second kappa shape index (κ2) is 4.50. The van der Waals surface area contributed by atoms with E-state index >= 15 is 0 Å². The van der Waals surface area contributed by atoms with Crippen molar-refractivity contribution in [1.82, 2.24) is 15.6 Å². The summed E-state index contributed by atoms with van der Waals surface area (Å²) in [6.45, 7) is 4.27. The lowest BCUT2D eigenvalue weighted by atomic mass is 9.70. The summed E-state index contributed by atoms with van der Waals surface area (Å²) in [5.41, 5.74) is 4.42. The summed E-state index contributed by atoms with van der Waals surface area (Å²) in [6.07, 6.45) is 2.43. The van der Waals surface area contributed by atoms with E-state index < -0.39 is 0 Å². The predicted molar refractivity (Wildman–Crippen MR) is 80.3 cm³/mol. The average Bonchev–Trinajstić information content (AvgIpc) is 2.87. The molecule has 2 aromatic rings. The van der Waals surface area contributed by atoms with Gasteiger partial charge < -0.3 is 20.4 Å². The van der Waals surface area contributed by atoms with Crippen molar-refractivity contribution in [2.45, 2.75) is 24.8 Å². The molecule has 0 saturated carbocycles. The molecule has 20 heavy (non-hydrogen) atoms. The van der Waals surface area contributed by atoms with Gasteiger partial charge in [-0.25, -0.2) is 0 Å². The van der Waals surface area contributed by atoms with Crippen molar-refractivity contribution in [3.63, 3.8) is 0 Å². The Bertz CT molecular complexity index is 640. The van der Waals surface area contributed by atoms with E-state index in [4.69, 9.17) is 4.74 Å². The van der Waals surface area contributed by atoms with Crippen LogP contribution in [-0.4, -0.2) is 31.7 Å². The van der Waals surface area contributed by atoms with Gasteiger partial charge >= 0.3 is 0 Å². The number of hydrogen-bond acceptors (Lipinski definition) is 3. The topological polar surface area (TPSA) is 49.1 Å². The average molecular weight is 271 g/mol. The zero-order chi connectivity index (χ0) is 13.6. The van der Waals surface area contributed by atoms with Crippen molar-refractivity contribution in [2.24, 2.45) is 0 Å². The lowest BCUT2D eigenvalue weighted by Crippen LogP contribution is -2.49. The summed E-state index contributed by atoms with van der Waals surface area (Å²) in [4.78, 5) is 3.60. The second-order valence-corrected chi connectivity index (χ2v) is 6.02. The molecule has 1 aromatic heterocycles. The van der Waals surface area contributed by atoms with Crippen LogP contribution in [0.1, 0.15) is 24.1 Å². The maximum Gasteiger partial charge on any atom is 0.120 e. The van der Waals surface area contributed by atoms with Crippen molar-refractivity contribution in [3.8, 4) is 5.75 Å². The maximum absolute atomic E-state index is 5.35. The van der Waals surface area contributed by atoms with Crippen LogP contribution in [0.3, 0.4) is 0 Å². The van der Waals surface area contributed by atoms with Gasteiger partial charge in [0.15, 0.2) is 0 Å². The molecule has 1 fully saturated rings. The number of benzene rings is 1. The highest BCUT2D eigenvalue weighted by Crippen LogP contribution is 2.42. The zero-order valence-electron chi connectivity index (χ0n) is 11.9. The van der Waals surface area contributed by atoms with E-state index in [1.54, 1.807) is 12.7 Å². The van der Waals surface area contributed by atoms with Gasteiger partial charge in [-0.3, -0.25) is 0 Å². The Morgan fingerprint density at radius 2 is 2.00 bits per heavy atom. The van der Waals surface area contributed by atoms with Crippen molar-refractivity contribution in [3.05, 3.63) is 29.5 Å². The van der Waals surface area contributed by atoms with Gasteiger partial charge in [0.1, 0.15) is 5.75 Å². The number of nitrogens with one attached hydrogen (secondary N) is 3. The van der Waals surface area contributed by atoms with Crippen molar-refractivity contribution in [2.75, 3.05) is 26.7 Å². The van der Waals surface area contributed by atoms with E-state index in [2.05, 4.69) is 33.8 Å². The summed E-state index contributed by atoms with van der Waals surface area (Å²) in [7, 11) is 1.72. The molecular weight excluding hydrogens is 250 g/mol. The molecule has 4 nitrogen and oxygen atoms in total. The summed E-state index contributed by atoms with van der Waals surface area (Å²) < 4.78 is 5.35. The molecular formula is C16H21N3O. The normalized spacial score (nSPS) is 21.1. The molecule has 4 rings (SSSR count). The standard InChI is InChI=1S/C16H21N3O/c1-20-11-2-3-12-13(8-11)19-14-9-18-10-16(15(12)14)4-6-17-7-5-16/h2-3,8,17-19H,4-7,9-10H2,1H3. The Kier molecular flexibility index (Phi) is 2.75. The van der Waals surface area contributed by atoms with E-state index in [9.17, 15) is 0 Å². The summed E-state index contributed by atoms with van der Waals surface area (Å²) in [5, 5.41) is 8.47. The van der Waals surface area contributed by atoms with Crippen LogP contribution in [0.15, 0.2) is 18.2 Å². The number of piperidine rings is 1. The first kappa shape index (κ1) is 12.2. The number of methoxy groups -OCH3 is 1. The van der Waals surface area contributed by atoms with Crippen LogP contribution in [0, 0.1) is 0 Å². The number of aromatic nitrogens is 1. The molecule has 0 aliphatic carbocycles. The van der Waals surface area contributed by atoms with Gasteiger partial charge in [0.25, 0.3) is 0 Å². The highest BCUT2D eigenvalue weighted by Gasteiger charge is 2.39. The Hall–Kier alpha value is -1.52. The third-order valence-corrected chi connectivity index (χ3v) is 4.94. The fraction of sp³-hybridized carbons (Fsp3) is 0.500. The number of fused-ring (bicyclic) bond motifs is 4. The number of rotatable bonds is 1. The SMILES string of the molecule is COc1ccc2c3c([nH]c2c1)CNCC31CCNCC1. The Morgan fingerprint density at radius 1 is 1.15 bits per heavy atom. The number of aromatic amines is 1. The Labute approximate surface area is 118 Å². The minimum atomic E-state index is 0.297. The quantitative estimate of drug-likeness (QED) is 0.742. The first-order chi connectivity index (χ1) is 9.82. The zero-order valence-corrected chi connectivity index (χ0v) is 11.9. The number of hydrogen-bond donors (Lipinski definition) is 3. The molecule has 0 amide bonds. The molecule has 0 radical (unpaired) electrons. The van der Waals surface area contributed by atoms with E-state index in [0.717, 1.165) is 31.9 Å². The van der Waals surface area contributed by atoms with Gasteiger partial charge in [-0.2, -0.15) is 0 Å². The summed E-state index contributed by atoms with van der Waals surface area (Å²) in [6, 6.07) is 6.41. The highest BCUT2D eigenvalue weighted by molar-refractivity contribution is 5.87. The van der Waals surface area contributed by atoms with Crippen LogP contribution in [-0.2, 0) is 12.0 Å². The van der Waals surface area contributed by atoms with Crippen molar-refractivity contribution in [1.29, 1.82) is 0 Å². The fourth-order valence-electron chi connectivity index (χ4n) is 3.94. The largest absolute Gasteiger partial charge is 0.497 e. The van der Waals surface area contributed by atoms with Crippen LogP contribution >= 0.6 is 0 Å². The molecule has 4 heteroatoms. The molecule has 0 bridgehead atoms. The van der Waals surface area contributed by atoms with E-state index in [-0.39, 0.29) is 0 Å². The molecule has 1 aromatic carbocycles. The molecule has 1 spiro atoms. The van der Waals surface area contributed by atoms with Gasteiger partial charge in [0.05, 0.1) is 7.11 Å². The highest BCUT2D eigenvalue weighted by atomic mass is 16.5. The fourth-order valence-corrected chi connectivity index (χ4v) is 3.94. The molecule has 3 N–H and O–H groups in total. The second-order valence-electron chi connectivity index (χ2n) is 6.02. The molecule has 0 unspecified atom stereocenters. The minimum Gasteiger partial charge on any atom is -0.497 e. The monoisotopic (exact) mass is 271 g/mol. The lowest BCUT2D eigenvalue weighted by Gasteiger charge is -2.41. The Morgan fingerprint density at radius 3 is 2.80 bits per heavy atom. The minimum absolute atomic E-state index is 0.297. The van der Waals surface area contributed by atoms with Gasteiger partial charge in [-0.15, -0.1) is 0 Å². The van der Waals surface area contributed by atoms with Gasteiger partial charge in [0, 0.05) is 41.2 Å². The van der Waals surface area contributed by atoms with E-state index in [1.165, 1.54) is 29.4 Å². The molecule has 0 atom stereocenters. The van der Waals surface area contributed by atoms with Crippen molar-refractivity contribution < 1.29 is 4.74 Å². The lowest BCUT2D eigenvalue weighted by molar-refractivity contribution is 0.279. The van der Waals surface area contributed by atoms with Gasteiger partial charge in [-0.1, -0.05) is 0 Å². The Balaban J connectivity index is 1.91. The molecule has 2 aliphatic heterocycles. The summed E-state index contributed by atoms with van der Waals surface area (Å²) in [5.74, 6) is 0.920. The van der Waals surface area contributed by atoms with Gasteiger partial charge in [0.2, 0.25) is 0 Å². The maximum atomic E-state index is 5.35. The molecule has 1 saturated heterocycles. The van der Waals surface area contributed by atoms with E-state index in [0.29, 0.717) is 5.41 Å². The van der Waals surface area contributed by atoms with Crippen LogP contribution < -0.4 is 15.4 Å². The first-order valence-electron chi connectivity index (χ1n) is 7.43. The van der Waals surface area contributed by atoms with Crippen LogP contribution in [0.5, 0.6) is 5.75 Å². The first-order valence-corrected chi connectivity index (χ1v) is 7.43. The van der Waals surface area contributed by atoms with Crippen LogP contribution in [0.4, 0.5) is 0 Å². The van der Waals surface area contributed by atoms with Crippen LogP contribution in [0.2, 0.25) is 0 Å². The van der Waals surface area contributed by atoms with Gasteiger partial charge in [-0.05, 0) is 43.6 Å². The third kappa shape index (κ3) is 1.68. The predicted octanol–water partition coefficient (Wildman–Crippen LogP) is 1.90. The number of H-pyrrole nitrogens is 1. The molecule has 3 heterocycles. The van der Waals surface area contributed by atoms with E-state index in [1.807, 2.05) is 0 Å². The van der Waals surface area contributed by atoms with Crippen molar-refractivity contribution >= 4 is 10.9 Å². The number of ether oxygens (including phenoxy) is 1. The molecule has 106 valence electrons. The third-order valence-electron chi connectivity index (χ3n) is 4.94. The molecule has 2 aliphatic rings. The van der Waals surface area contributed by atoms with Crippen LogP contribution in [0.25, 0.3) is 10.9 Å². The smallest absolute Gasteiger partial charge is 0.120 e. The summed E-state index contributed by atoms with van der Waals surface area (Å²) >= 11 is 0.